The van der Waals surface area contributed by atoms with Gasteiger partial charge >= 0.3 is 5.97 Å². The molecule has 0 aliphatic carbocycles. The van der Waals surface area contributed by atoms with Crippen LogP contribution in [0.1, 0.15) is 17.0 Å². The van der Waals surface area contributed by atoms with E-state index < -0.39 is 33.3 Å². The van der Waals surface area contributed by atoms with Crippen molar-refractivity contribution in [2.75, 3.05) is 0 Å². The molecular formula is C13H11NO7S2. The van der Waals surface area contributed by atoms with Crippen molar-refractivity contribution in [3.8, 4) is 0 Å². The summed E-state index contributed by atoms with van der Waals surface area (Å²) >= 11 is -1.58. The Morgan fingerprint density at radius 3 is 2.74 bits per heavy atom. The van der Waals surface area contributed by atoms with Crippen LogP contribution in [-0.2, 0) is 20.7 Å². The zero-order chi connectivity index (χ0) is 16.7. The first-order chi connectivity index (χ1) is 10.9. The molecule has 0 spiro atoms. The molecular weight excluding hydrogens is 346 g/mol. The van der Waals surface area contributed by atoms with E-state index in [0.29, 0.717) is 0 Å². The molecule has 1 saturated heterocycles. The molecule has 2 aliphatic heterocycles. The number of hydrogen-bond acceptors (Lipinski definition) is 6. The van der Waals surface area contributed by atoms with Crippen molar-refractivity contribution in [1.29, 1.82) is 0 Å². The molecule has 0 aromatic carbocycles. The van der Waals surface area contributed by atoms with Crippen LogP contribution in [0.2, 0.25) is 0 Å². The van der Waals surface area contributed by atoms with E-state index in [1.807, 2.05) is 0 Å². The smallest absolute Gasteiger partial charge is 0.334 e. The van der Waals surface area contributed by atoms with Crippen LogP contribution >= 0.6 is 11.8 Å². The number of carboxylic acid groups (broad SMARTS) is 1. The van der Waals surface area contributed by atoms with Crippen molar-refractivity contribution in [3.63, 3.8) is 0 Å². The molecule has 3 rings (SSSR count). The number of fused-ring (bicyclic) bond motifs is 1. The van der Waals surface area contributed by atoms with Crippen LogP contribution in [-0.4, -0.2) is 52.3 Å². The maximum absolute atomic E-state index is 12.4. The van der Waals surface area contributed by atoms with Crippen LogP contribution in [0, 0.1) is 0 Å². The van der Waals surface area contributed by atoms with Crippen molar-refractivity contribution in [2.45, 2.75) is 22.3 Å². The molecule has 8 nitrogen and oxygen atoms in total. The van der Waals surface area contributed by atoms with Crippen molar-refractivity contribution in [1.82, 2.24) is 4.90 Å². The number of thioether (sulfide) groups is 1. The second-order valence-corrected chi connectivity index (χ2v) is 7.33. The molecule has 10 heteroatoms. The second-order valence-electron chi connectivity index (χ2n) is 4.94. The summed E-state index contributed by atoms with van der Waals surface area (Å²) in [6, 6.07) is 2.80. The lowest BCUT2D eigenvalue weighted by molar-refractivity contribution is -0.138. The number of furan rings is 1. The highest BCUT2D eigenvalue weighted by atomic mass is 32.2. The van der Waals surface area contributed by atoms with E-state index in [2.05, 4.69) is 0 Å². The molecule has 0 radical (unpaired) electrons. The number of ketones is 1. The fourth-order valence-electron chi connectivity index (χ4n) is 2.44. The highest BCUT2D eigenvalue weighted by molar-refractivity contribution is 8.01. The third-order valence-corrected chi connectivity index (χ3v) is 6.22. The quantitative estimate of drug-likeness (QED) is 0.448. The van der Waals surface area contributed by atoms with E-state index in [-0.39, 0.29) is 29.0 Å². The Hall–Kier alpha value is -1.91. The van der Waals surface area contributed by atoms with E-state index in [1.54, 1.807) is 0 Å². The number of hydrogen-bond donors (Lipinski definition) is 2. The average Bonchev–Trinajstić information content (AvgIpc) is 2.99. The summed E-state index contributed by atoms with van der Waals surface area (Å²) < 4.78 is 26.2. The SMILES string of the molecule is O=C(O)C1=CN2C(=O)C[C@H]2SC1C(C(=O)c1ccco1)S(=O)O. The van der Waals surface area contributed by atoms with E-state index in [4.69, 9.17) is 4.42 Å². The van der Waals surface area contributed by atoms with Crippen LogP contribution in [0.15, 0.2) is 34.6 Å². The van der Waals surface area contributed by atoms with Crippen LogP contribution in [0.25, 0.3) is 0 Å². The molecule has 3 unspecified atom stereocenters. The number of Topliss-reactive ketones (excluding diaryl/α,β-unsaturated/α-hetero) is 1. The third-order valence-electron chi connectivity index (χ3n) is 3.60. The van der Waals surface area contributed by atoms with Gasteiger partial charge in [0.05, 0.1) is 28.9 Å². The van der Waals surface area contributed by atoms with Crippen molar-refractivity contribution in [3.05, 3.63) is 35.9 Å². The summed E-state index contributed by atoms with van der Waals surface area (Å²) in [5.41, 5.74) is -0.258. The standard InChI is InChI=1S/C13H11NO7S2/c15-8-4-9-14(8)5-6(13(17)18)11(22-9)12(23(19)20)10(16)7-2-1-3-21-7/h1-3,5,9,11-12H,4H2,(H,17,18)(H,19,20)/t9-,11?,12?/m1/s1. The Morgan fingerprint density at radius 2 is 2.22 bits per heavy atom. The van der Waals surface area contributed by atoms with Gasteiger partial charge in [-0.15, -0.1) is 11.8 Å². The minimum Gasteiger partial charge on any atom is -0.478 e. The summed E-state index contributed by atoms with van der Waals surface area (Å²) in [4.78, 5) is 36.6. The van der Waals surface area contributed by atoms with Gasteiger partial charge in [-0.2, -0.15) is 0 Å². The molecule has 2 N–H and O–H groups in total. The Labute approximate surface area is 136 Å². The van der Waals surface area contributed by atoms with Gasteiger partial charge in [-0.1, -0.05) is 0 Å². The maximum Gasteiger partial charge on any atom is 0.334 e. The molecule has 0 bridgehead atoms. The van der Waals surface area contributed by atoms with Gasteiger partial charge in [0.15, 0.2) is 16.8 Å². The third kappa shape index (κ3) is 2.73. The minimum atomic E-state index is -2.60. The number of aliphatic carboxylic acids is 1. The summed E-state index contributed by atoms with van der Waals surface area (Å²) in [6.07, 6.45) is 2.60. The molecule has 2 aliphatic rings. The predicted molar refractivity (Wildman–Crippen MR) is 79.9 cm³/mol. The Morgan fingerprint density at radius 1 is 1.48 bits per heavy atom. The zero-order valence-corrected chi connectivity index (χ0v) is 13.1. The molecule has 23 heavy (non-hydrogen) atoms. The number of β-lactam (4-membered cyclic amide) rings is 1. The van der Waals surface area contributed by atoms with E-state index in [1.165, 1.54) is 23.3 Å². The maximum atomic E-state index is 12.4. The summed E-state index contributed by atoms with van der Waals surface area (Å²) in [6.45, 7) is 0. The minimum absolute atomic E-state index is 0.116. The van der Waals surface area contributed by atoms with Crippen molar-refractivity contribution in [2.24, 2.45) is 0 Å². The van der Waals surface area contributed by atoms with Gasteiger partial charge < -0.3 is 19.0 Å². The highest BCUT2D eigenvalue weighted by Gasteiger charge is 2.49. The zero-order valence-electron chi connectivity index (χ0n) is 11.4. The van der Waals surface area contributed by atoms with Gasteiger partial charge in [0.2, 0.25) is 11.7 Å². The monoisotopic (exact) mass is 357 g/mol. The summed E-state index contributed by atoms with van der Waals surface area (Å²) in [7, 11) is 0. The molecule has 4 atom stereocenters. The Bertz CT molecular complexity index is 727. The predicted octanol–water partition coefficient (Wildman–Crippen LogP) is 0.695. The lowest BCUT2D eigenvalue weighted by Gasteiger charge is -2.44. The normalized spacial score (nSPS) is 25.9. The van der Waals surface area contributed by atoms with Gasteiger partial charge in [0.1, 0.15) is 5.25 Å². The van der Waals surface area contributed by atoms with Gasteiger partial charge in [-0.25, -0.2) is 9.00 Å². The first kappa shape index (κ1) is 16.0. The molecule has 1 amide bonds. The average molecular weight is 357 g/mol. The van der Waals surface area contributed by atoms with Crippen molar-refractivity contribution >= 4 is 40.5 Å². The fourth-order valence-corrected chi connectivity index (χ4v) is 5.04. The molecule has 122 valence electrons. The van der Waals surface area contributed by atoms with Gasteiger partial charge in [0, 0.05) is 6.20 Å². The van der Waals surface area contributed by atoms with Gasteiger partial charge in [0.25, 0.3) is 0 Å². The van der Waals surface area contributed by atoms with Gasteiger partial charge in [-0.3, -0.25) is 9.59 Å². The van der Waals surface area contributed by atoms with Crippen LogP contribution in [0.5, 0.6) is 0 Å². The second kappa shape index (κ2) is 5.95. The molecule has 1 aromatic rings. The lowest BCUT2D eigenvalue weighted by Crippen LogP contribution is -2.54. The summed E-state index contributed by atoms with van der Waals surface area (Å²) in [5.74, 6) is -2.43. The topological polar surface area (TPSA) is 125 Å². The number of amides is 1. The fraction of sp³-hybridized carbons (Fsp3) is 0.308. The van der Waals surface area contributed by atoms with Gasteiger partial charge in [-0.05, 0) is 12.1 Å². The highest BCUT2D eigenvalue weighted by Crippen LogP contribution is 2.42. The number of carboxylic acids is 1. The largest absolute Gasteiger partial charge is 0.478 e. The molecule has 0 saturated carbocycles. The molecule has 1 aromatic heterocycles. The van der Waals surface area contributed by atoms with E-state index >= 15 is 0 Å². The van der Waals surface area contributed by atoms with E-state index in [9.17, 15) is 28.3 Å². The number of nitrogens with zero attached hydrogens (tertiary/aromatic N) is 1. The van der Waals surface area contributed by atoms with Crippen molar-refractivity contribution < 1.29 is 32.7 Å². The number of rotatable bonds is 5. The lowest BCUT2D eigenvalue weighted by atomic mass is 10.0. The Kier molecular flexibility index (Phi) is 4.13. The first-order valence-electron chi connectivity index (χ1n) is 6.49. The van der Waals surface area contributed by atoms with E-state index in [0.717, 1.165) is 18.0 Å². The van der Waals surface area contributed by atoms with Crippen LogP contribution in [0.4, 0.5) is 0 Å². The van der Waals surface area contributed by atoms with Crippen LogP contribution < -0.4 is 0 Å². The molecule has 1 fully saturated rings. The summed E-state index contributed by atoms with van der Waals surface area (Å²) in [5, 5.41) is 6.46. The van der Waals surface area contributed by atoms with Crippen LogP contribution in [0.3, 0.4) is 0 Å². The number of carbonyl (C=O) groups is 3. The first-order valence-corrected chi connectivity index (χ1v) is 8.60. The Balaban J connectivity index is 1.98. The number of carbonyl (C=O) groups excluding carboxylic acids is 2. The molecule has 3 heterocycles.